The van der Waals surface area contributed by atoms with E-state index >= 15 is 0 Å². The van der Waals surface area contributed by atoms with Gasteiger partial charge in [-0.25, -0.2) is 4.98 Å². The van der Waals surface area contributed by atoms with Crippen LogP contribution in [0.2, 0.25) is 0 Å². The summed E-state index contributed by atoms with van der Waals surface area (Å²) in [5.41, 5.74) is 27.5. The molecule has 1 saturated heterocycles. The van der Waals surface area contributed by atoms with Crippen LogP contribution in [0.25, 0.3) is 55.9 Å². The number of ether oxygens (including phenoxy) is 1. The second kappa shape index (κ2) is 44.3. The molecule has 15 rings (SSSR count). The van der Waals surface area contributed by atoms with Crippen molar-refractivity contribution in [3.63, 3.8) is 0 Å². The molecule has 556 valence electrons. The summed E-state index contributed by atoms with van der Waals surface area (Å²) in [6, 6.07) is 99.5. The van der Waals surface area contributed by atoms with Gasteiger partial charge in [0.15, 0.2) is 0 Å². The third-order valence-electron chi connectivity index (χ3n) is 19.4. The van der Waals surface area contributed by atoms with Gasteiger partial charge in [0.25, 0.3) is 0 Å². The standard InChI is InChI=1S/C40H43N3.C28H33N3.C12H9Br.C12H9.C4H8O.C4H9.2Li/c1-26(2)31-19-12-20-32(27(3)4)39(31)43-40(34-18-10-9-17-33(34)29-14-7-6-8-15-29)37-23-13-22-36(42-37)35-21-11-16-30-25-24-28(5)41-38(30)35;1-18(2)23-11-8-12-24(19(3)4)28(23)29-17-22-10-7-14-26(31-22)25-13-6-9-21-16-15-20(5)30-27(21)25;13-12-9-5-4-8-11(12)10-6-2-1-3-7-10;1-3-7-11(8-4-1)12-9-5-2-6-10-12;1-2-4-5-3-1;1-4(2)3;;/h6-23,26-28,40-41,43H,24-25H2,1-5H3;6-14,17-20,30H,15-16H2,1-5H3;1-9H;1-9H;1-4H2;1-3H3;;/q;;;-1;;-1;2*+1. The molecule has 3 aliphatic heterocycles. The monoisotopic (exact) mass is 1500 g/mol. The van der Waals surface area contributed by atoms with E-state index in [0.717, 1.165) is 71.0 Å². The maximum Gasteiger partial charge on any atom is 1.00 e. The van der Waals surface area contributed by atoms with Gasteiger partial charge in [0.2, 0.25) is 0 Å². The largest absolute Gasteiger partial charge is 1.00 e. The number of aliphatic imine (C=N–C) groups is 1. The van der Waals surface area contributed by atoms with Crippen molar-refractivity contribution >= 4 is 44.9 Å². The Morgan fingerprint density at radius 2 is 0.873 bits per heavy atom. The van der Waals surface area contributed by atoms with Gasteiger partial charge in [0.05, 0.1) is 40.7 Å². The third kappa shape index (κ3) is 24.6. The SMILES string of the molecule is Brc1ccccc1-c1ccccc1.C1CCOC1.CC1CCc2cccc(-c3cccc(C(Nc4c(C(C)C)cccc4C(C)C)c4ccccc4-c4ccccc4)n3)c2N1.CC1CCc2cccc(-c3cccc(C=Nc4c(C(C)C)cccc4C(C)C)n3)c2N1.C[C-](C)C.[Li+].[Li+].[c-]1ccccc1-c1ccccc1. The molecule has 0 aliphatic carbocycles. The molecule has 0 saturated carbocycles. The number of benzene rings is 10. The second-order valence-electron chi connectivity index (χ2n) is 30.1. The molecule has 0 amide bonds. The molecule has 0 spiro atoms. The van der Waals surface area contributed by atoms with E-state index in [0.29, 0.717) is 35.8 Å². The summed E-state index contributed by atoms with van der Waals surface area (Å²) in [6.45, 7) is 30.8. The van der Waals surface area contributed by atoms with Crippen LogP contribution in [-0.2, 0) is 17.6 Å². The van der Waals surface area contributed by atoms with Gasteiger partial charge >= 0.3 is 37.7 Å². The predicted molar refractivity (Wildman–Crippen MR) is 467 cm³/mol. The van der Waals surface area contributed by atoms with E-state index < -0.39 is 0 Å². The van der Waals surface area contributed by atoms with Gasteiger partial charge in [-0.15, -0.1) is 35.9 Å². The molecule has 0 bridgehead atoms. The topological polar surface area (TPSA) is 83.5 Å². The van der Waals surface area contributed by atoms with Gasteiger partial charge in [0.1, 0.15) is 0 Å². The molecule has 3 unspecified atom stereocenters. The third-order valence-corrected chi connectivity index (χ3v) is 20.1. The first-order valence-corrected chi connectivity index (χ1v) is 39.8. The zero-order valence-corrected chi connectivity index (χ0v) is 69.5. The Balaban J connectivity index is 0.000000195. The average molecular weight is 1510 g/mol. The number of anilines is 3. The molecule has 12 aromatic rings. The number of hydrogen-bond acceptors (Lipinski definition) is 7. The summed E-state index contributed by atoms with van der Waals surface area (Å²) >= 11 is 3.53. The zero-order valence-electron chi connectivity index (χ0n) is 67.9. The van der Waals surface area contributed by atoms with E-state index in [1.165, 1.54) is 120 Å². The average Bonchev–Trinajstić information content (AvgIpc) is 0.977. The Morgan fingerprint density at radius 1 is 0.455 bits per heavy atom. The van der Waals surface area contributed by atoms with Crippen LogP contribution in [0, 0.1) is 12.0 Å². The fourth-order valence-corrected chi connectivity index (χ4v) is 14.3. The molecule has 10 heteroatoms. The Bertz CT molecular complexity index is 4670. The minimum atomic E-state index is -0.153. The molecular weight excluding hydrogens is 1390 g/mol. The van der Waals surface area contributed by atoms with Gasteiger partial charge in [0, 0.05) is 58.0 Å². The molecular formula is C100H111BrLi2N6O. The summed E-state index contributed by atoms with van der Waals surface area (Å²) in [6.07, 6.45) is 9.00. The van der Waals surface area contributed by atoms with E-state index in [1.54, 1.807) is 0 Å². The van der Waals surface area contributed by atoms with Gasteiger partial charge < -0.3 is 26.6 Å². The predicted octanol–water partition coefficient (Wildman–Crippen LogP) is 21.8. The zero-order chi connectivity index (χ0) is 76.3. The number of para-hydroxylation sites is 4. The number of rotatable bonds is 15. The van der Waals surface area contributed by atoms with E-state index in [2.05, 4.69) is 340 Å². The fourth-order valence-electron chi connectivity index (χ4n) is 13.8. The molecule has 7 nitrogen and oxygen atoms in total. The number of pyridine rings is 2. The van der Waals surface area contributed by atoms with E-state index in [-0.39, 0.29) is 43.8 Å². The van der Waals surface area contributed by atoms with Crippen LogP contribution in [0.15, 0.2) is 282 Å². The van der Waals surface area contributed by atoms with E-state index in [4.69, 9.17) is 19.7 Å². The second-order valence-corrected chi connectivity index (χ2v) is 30.9. The smallest absolute Gasteiger partial charge is 0.382 e. The number of halogens is 1. The molecule has 3 N–H and O–H groups in total. The van der Waals surface area contributed by atoms with Crippen LogP contribution in [0.5, 0.6) is 0 Å². The van der Waals surface area contributed by atoms with Gasteiger partial charge in [-0.2, -0.15) is 20.8 Å². The summed E-state index contributed by atoms with van der Waals surface area (Å²) in [7, 11) is 0. The maximum atomic E-state index is 5.43. The minimum absolute atomic E-state index is 0. The first-order valence-electron chi connectivity index (χ1n) is 39.0. The van der Waals surface area contributed by atoms with Gasteiger partial charge in [-0.1, -0.05) is 295 Å². The van der Waals surface area contributed by atoms with Gasteiger partial charge in [-0.3, -0.25) is 9.98 Å². The van der Waals surface area contributed by atoms with Crippen LogP contribution < -0.4 is 53.7 Å². The molecule has 0 radical (unpaired) electrons. The Labute approximate surface area is 692 Å². The van der Waals surface area contributed by atoms with Crippen molar-refractivity contribution in [3.05, 3.63) is 340 Å². The van der Waals surface area contributed by atoms with Crippen molar-refractivity contribution in [1.82, 2.24) is 9.97 Å². The molecule has 10 aromatic carbocycles. The molecule has 110 heavy (non-hydrogen) atoms. The summed E-state index contributed by atoms with van der Waals surface area (Å²) in [5, 5.41) is 11.5. The van der Waals surface area contributed by atoms with Crippen molar-refractivity contribution in [2.75, 3.05) is 29.2 Å². The van der Waals surface area contributed by atoms with Gasteiger partial charge in [-0.05, 0) is 168 Å². The van der Waals surface area contributed by atoms with Crippen LogP contribution in [0.4, 0.5) is 22.7 Å². The molecule has 3 aliphatic rings. The number of nitrogens with one attached hydrogen (secondary N) is 3. The van der Waals surface area contributed by atoms with E-state index in [9.17, 15) is 0 Å². The van der Waals surface area contributed by atoms with Crippen molar-refractivity contribution in [2.45, 2.75) is 170 Å². The van der Waals surface area contributed by atoms with E-state index in [1.807, 2.05) is 66.9 Å². The summed E-state index contributed by atoms with van der Waals surface area (Å²) < 4.78 is 6.08. The quantitative estimate of drug-likeness (QED) is 0.0539. The van der Waals surface area contributed by atoms with Crippen LogP contribution in [0.1, 0.15) is 196 Å². The van der Waals surface area contributed by atoms with Crippen molar-refractivity contribution in [1.29, 1.82) is 0 Å². The molecule has 2 aromatic heterocycles. The number of aromatic nitrogens is 2. The van der Waals surface area contributed by atoms with Crippen molar-refractivity contribution in [2.24, 2.45) is 4.99 Å². The van der Waals surface area contributed by atoms with Crippen LogP contribution in [0.3, 0.4) is 0 Å². The Hall–Kier alpha value is -8.80. The molecule has 1 fully saturated rings. The summed E-state index contributed by atoms with van der Waals surface area (Å²) in [5.74, 6) is 3.03. The number of aryl methyl sites for hydroxylation is 2. The van der Waals surface area contributed by atoms with Crippen LogP contribution in [-0.4, -0.2) is 41.5 Å². The van der Waals surface area contributed by atoms with Crippen molar-refractivity contribution in [3.8, 4) is 55.9 Å². The summed E-state index contributed by atoms with van der Waals surface area (Å²) in [4.78, 5) is 15.3. The Morgan fingerprint density at radius 3 is 1.36 bits per heavy atom. The number of nitrogens with zero attached hydrogens (tertiary/aromatic N) is 3. The fraction of sp³-hybridized carbons (Fsp3) is 0.280. The van der Waals surface area contributed by atoms with Crippen LogP contribution >= 0.6 is 15.9 Å². The first-order chi connectivity index (χ1) is 52.4. The first kappa shape index (κ1) is 86.8. The van der Waals surface area contributed by atoms with Crippen molar-refractivity contribution < 1.29 is 42.5 Å². The molecule has 3 atom stereocenters. The molecule has 5 heterocycles. The minimum Gasteiger partial charge on any atom is -0.382 e. The Kier molecular flexibility index (Phi) is 35.0. The number of fused-ring (bicyclic) bond motifs is 2. The normalized spacial score (nSPS) is 14.1. The maximum absolute atomic E-state index is 5.43. The number of hydrogen-bond donors (Lipinski definition) is 3.